The lowest BCUT2D eigenvalue weighted by atomic mass is 10.1. The normalized spacial score (nSPS) is 13.6. The molecule has 1 amide bonds. The zero-order valence-corrected chi connectivity index (χ0v) is 15.4. The van der Waals surface area contributed by atoms with Crippen LogP contribution in [0.1, 0.15) is 12.5 Å². The number of carbonyl (C=O) groups is 1. The van der Waals surface area contributed by atoms with Crippen LogP contribution in [-0.4, -0.2) is 23.6 Å². The van der Waals surface area contributed by atoms with Crippen LogP contribution < -0.4 is 14.8 Å². The molecule has 1 aliphatic heterocycles. The van der Waals surface area contributed by atoms with Gasteiger partial charge in [0.1, 0.15) is 17.3 Å². The molecule has 1 aromatic heterocycles. The molecule has 3 aromatic rings. The highest BCUT2D eigenvalue weighted by atomic mass is 32.1. The first-order chi connectivity index (χ1) is 13.1. The van der Waals surface area contributed by atoms with E-state index in [1.165, 1.54) is 41.2 Å². The maximum absolute atomic E-state index is 12.9. The van der Waals surface area contributed by atoms with Gasteiger partial charge in [0.05, 0.1) is 12.3 Å². The molecule has 0 radical (unpaired) electrons. The third-order valence-corrected chi connectivity index (χ3v) is 4.97. The predicted molar refractivity (Wildman–Crippen MR) is 102 cm³/mol. The standard InChI is InChI=1S/C20H17FN2O3S/c1-12(26-16-5-3-15(21)4-6-16)19(24)23-20-22-17(11-27-20)13-2-7-18-14(10-13)8-9-25-18/h2-7,10-12H,8-9H2,1H3,(H,22,23,24). The van der Waals surface area contributed by atoms with Crippen molar-refractivity contribution in [3.63, 3.8) is 0 Å². The molecule has 0 spiro atoms. The van der Waals surface area contributed by atoms with Gasteiger partial charge in [-0.25, -0.2) is 9.37 Å². The average Bonchev–Trinajstić information content (AvgIpc) is 3.32. The fourth-order valence-electron chi connectivity index (χ4n) is 2.79. The van der Waals surface area contributed by atoms with Crippen molar-refractivity contribution >= 4 is 22.4 Å². The minimum absolute atomic E-state index is 0.317. The number of ether oxygens (including phenoxy) is 2. The molecule has 5 nitrogen and oxygen atoms in total. The molecule has 0 saturated carbocycles. The summed E-state index contributed by atoms with van der Waals surface area (Å²) in [4.78, 5) is 16.8. The number of amides is 1. The third kappa shape index (κ3) is 3.93. The van der Waals surface area contributed by atoms with Crippen molar-refractivity contribution < 1.29 is 18.7 Å². The molecule has 2 heterocycles. The van der Waals surface area contributed by atoms with E-state index >= 15 is 0 Å². The SMILES string of the molecule is CC(Oc1ccc(F)cc1)C(=O)Nc1nc(-c2ccc3c(c2)CCO3)cs1. The van der Waals surface area contributed by atoms with Crippen molar-refractivity contribution in [2.45, 2.75) is 19.4 Å². The van der Waals surface area contributed by atoms with E-state index in [0.717, 1.165) is 23.4 Å². The molecule has 4 rings (SSSR count). The predicted octanol–water partition coefficient (Wildman–Crippen LogP) is 4.29. The quantitative estimate of drug-likeness (QED) is 0.713. The number of aromatic nitrogens is 1. The number of carbonyl (C=O) groups excluding carboxylic acids is 1. The van der Waals surface area contributed by atoms with Crippen molar-refractivity contribution in [3.05, 3.63) is 59.2 Å². The molecule has 0 fully saturated rings. The van der Waals surface area contributed by atoms with Crippen molar-refractivity contribution in [1.29, 1.82) is 0 Å². The molecule has 1 unspecified atom stereocenters. The molecule has 0 aliphatic carbocycles. The smallest absolute Gasteiger partial charge is 0.266 e. The van der Waals surface area contributed by atoms with Gasteiger partial charge in [-0.15, -0.1) is 11.3 Å². The summed E-state index contributed by atoms with van der Waals surface area (Å²) in [7, 11) is 0. The molecule has 27 heavy (non-hydrogen) atoms. The van der Waals surface area contributed by atoms with Crippen LogP contribution in [0.5, 0.6) is 11.5 Å². The van der Waals surface area contributed by atoms with E-state index < -0.39 is 6.10 Å². The summed E-state index contributed by atoms with van der Waals surface area (Å²) >= 11 is 1.35. The Morgan fingerprint density at radius 3 is 2.93 bits per heavy atom. The lowest BCUT2D eigenvalue weighted by Gasteiger charge is -2.13. The number of benzene rings is 2. The monoisotopic (exact) mass is 384 g/mol. The fraction of sp³-hybridized carbons (Fsp3) is 0.200. The number of hydrogen-bond acceptors (Lipinski definition) is 5. The summed E-state index contributed by atoms with van der Waals surface area (Å²) in [6.45, 7) is 2.34. The molecule has 2 aromatic carbocycles. The number of anilines is 1. The van der Waals surface area contributed by atoms with E-state index in [1.807, 2.05) is 17.5 Å². The Morgan fingerprint density at radius 1 is 1.30 bits per heavy atom. The number of hydrogen-bond donors (Lipinski definition) is 1. The van der Waals surface area contributed by atoms with E-state index in [4.69, 9.17) is 9.47 Å². The van der Waals surface area contributed by atoms with E-state index in [1.54, 1.807) is 6.92 Å². The number of fused-ring (bicyclic) bond motifs is 1. The highest BCUT2D eigenvalue weighted by Crippen LogP contribution is 2.32. The maximum atomic E-state index is 12.9. The van der Waals surface area contributed by atoms with Crippen LogP contribution in [0.3, 0.4) is 0 Å². The first-order valence-electron chi connectivity index (χ1n) is 8.53. The number of nitrogens with one attached hydrogen (secondary N) is 1. The van der Waals surface area contributed by atoms with Crippen LogP contribution in [0.15, 0.2) is 47.8 Å². The zero-order chi connectivity index (χ0) is 18.8. The van der Waals surface area contributed by atoms with Gasteiger partial charge in [-0.3, -0.25) is 10.1 Å². The van der Waals surface area contributed by atoms with Crippen molar-refractivity contribution in [2.75, 3.05) is 11.9 Å². The van der Waals surface area contributed by atoms with E-state index in [2.05, 4.69) is 16.4 Å². The molecule has 1 atom stereocenters. The molecule has 7 heteroatoms. The third-order valence-electron chi connectivity index (χ3n) is 4.22. The Bertz CT molecular complexity index is 972. The maximum Gasteiger partial charge on any atom is 0.266 e. The van der Waals surface area contributed by atoms with Crippen LogP contribution in [0.4, 0.5) is 9.52 Å². The zero-order valence-electron chi connectivity index (χ0n) is 14.6. The first kappa shape index (κ1) is 17.5. The highest BCUT2D eigenvalue weighted by Gasteiger charge is 2.18. The van der Waals surface area contributed by atoms with Crippen LogP contribution in [0, 0.1) is 5.82 Å². The number of nitrogens with zero attached hydrogens (tertiary/aromatic N) is 1. The van der Waals surface area contributed by atoms with Crippen LogP contribution in [0.2, 0.25) is 0 Å². The summed E-state index contributed by atoms with van der Waals surface area (Å²) in [5.41, 5.74) is 2.97. The van der Waals surface area contributed by atoms with Gasteiger partial charge in [-0.1, -0.05) is 0 Å². The second-order valence-corrected chi connectivity index (χ2v) is 7.02. The van der Waals surface area contributed by atoms with E-state index in [0.29, 0.717) is 17.5 Å². The first-order valence-corrected chi connectivity index (χ1v) is 9.41. The summed E-state index contributed by atoms with van der Waals surface area (Å²) < 4.78 is 24.0. The van der Waals surface area contributed by atoms with Gasteiger partial charge >= 0.3 is 0 Å². The Balaban J connectivity index is 1.41. The summed E-state index contributed by atoms with van der Waals surface area (Å²) in [6.07, 6.45) is 0.162. The Kier molecular flexibility index (Phi) is 4.77. The number of halogens is 1. The Labute approximate surface area is 159 Å². The molecular weight excluding hydrogens is 367 g/mol. The van der Waals surface area contributed by atoms with Gasteiger partial charge in [-0.05, 0) is 55.0 Å². The molecular formula is C20H17FN2O3S. The highest BCUT2D eigenvalue weighted by molar-refractivity contribution is 7.14. The minimum Gasteiger partial charge on any atom is -0.493 e. The van der Waals surface area contributed by atoms with Gasteiger partial charge < -0.3 is 9.47 Å². The summed E-state index contributed by atoms with van der Waals surface area (Å²) in [5, 5.41) is 5.16. The van der Waals surface area contributed by atoms with E-state index in [-0.39, 0.29) is 11.7 Å². The van der Waals surface area contributed by atoms with Gasteiger partial charge in [0.25, 0.3) is 5.91 Å². The van der Waals surface area contributed by atoms with E-state index in [9.17, 15) is 9.18 Å². The van der Waals surface area contributed by atoms with Crippen LogP contribution in [0.25, 0.3) is 11.3 Å². The number of rotatable bonds is 5. The Morgan fingerprint density at radius 2 is 2.11 bits per heavy atom. The number of thiazole rings is 1. The molecule has 138 valence electrons. The second-order valence-electron chi connectivity index (χ2n) is 6.16. The van der Waals surface area contributed by atoms with Gasteiger partial charge in [0, 0.05) is 17.4 Å². The van der Waals surface area contributed by atoms with Gasteiger partial charge in [0.2, 0.25) is 0 Å². The summed E-state index contributed by atoms with van der Waals surface area (Å²) in [5.74, 6) is 0.684. The lowest BCUT2D eigenvalue weighted by Crippen LogP contribution is -2.30. The molecule has 1 N–H and O–H groups in total. The average molecular weight is 384 g/mol. The van der Waals surface area contributed by atoms with Crippen molar-refractivity contribution in [1.82, 2.24) is 4.98 Å². The Hall–Kier alpha value is -2.93. The molecule has 0 saturated heterocycles. The summed E-state index contributed by atoms with van der Waals surface area (Å²) in [6, 6.07) is 11.5. The largest absolute Gasteiger partial charge is 0.493 e. The lowest BCUT2D eigenvalue weighted by molar-refractivity contribution is -0.122. The fourth-order valence-corrected chi connectivity index (χ4v) is 3.51. The minimum atomic E-state index is -0.736. The topological polar surface area (TPSA) is 60.5 Å². The van der Waals surface area contributed by atoms with Crippen LogP contribution in [-0.2, 0) is 11.2 Å². The van der Waals surface area contributed by atoms with Crippen molar-refractivity contribution in [2.24, 2.45) is 0 Å². The van der Waals surface area contributed by atoms with Crippen LogP contribution >= 0.6 is 11.3 Å². The van der Waals surface area contributed by atoms with Gasteiger partial charge in [0.15, 0.2) is 11.2 Å². The molecule has 1 aliphatic rings. The van der Waals surface area contributed by atoms with Crippen molar-refractivity contribution in [3.8, 4) is 22.8 Å². The second kappa shape index (κ2) is 7.36. The molecule has 0 bridgehead atoms. The van der Waals surface area contributed by atoms with Gasteiger partial charge in [-0.2, -0.15) is 0 Å².